The minimum atomic E-state index is -0.438. The number of isocyanates is 1. The number of amides is 2. The number of urea groups is 1. The third-order valence-corrected chi connectivity index (χ3v) is 4.00. The smallest absolute Gasteiger partial charge is 0.313 e. The number of nitrogens with one attached hydrogen (secondary N) is 2. The number of carbonyl (C=O) groups excluding carboxylic acids is 2. The van der Waals surface area contributed by atoms with E-state index in [1.807, 2.05) is 6.20 Å². The van der Waals surface area contributed by atoms with Crippen molar-refractivity contribution in [3.63, 3.8) is 0 Å². The summed E-state index contributed by atoms with van der Waals surface area (Å²) in [5.41, 5.74) is 5.11. The van der Waals surface area contributed by atoms with Crippen LogP contribution in [0.25, 0.3) is 0 Å². The van der Waals surface area contributed by atoms with E-state index in [4.69, 9.17) is 5.73 Å². The van der Waals surface area contributed by atoms with Crippen molar-refractivity contribution in [3.8, 4) is 0 Å². The number of rotatable bonds is 7. The van der Waals surface area contributed by atoms with Crippen LogP contribution in [0.1, 0.15) is 65.2 Å². The van der Waals surface area contributed by atoms with Gasteiger partial charge in [-0.05, 0) is 50.9 Å². The fourth-order valence-corrected chi connectivity index (χ4v) is 2.48. The molecule has 2 rings (SSSR count). The van der Waals surface area contributed by atoms with Crippen molar-refractivity contribution in [2.24, 2.45) is 10.7 Å². The molecule has 2 aliphatic heterocycles. The molecule has 1 atom stereocenters. The normalized spacial score (nSPS) is 17.3. The van der Waals surface area contributed by atoms with E-state index < -0.39 is 6.03 Å². The van der Waals surface area contributed by atoms with Gasteiger partial charge in [-0.2, -0.15) is 0 Å². The van der Waals surface area contributed by atoms with Crippen molar-refractivity contribution in [3.05, 3.63) is 24.6 Å². The monoisotopic (exact) mass is 379 g/mol. The molecule has 27 heavy (non-hydrogen) atoms. The van der Waals surface area contributed by atoms with Crippen LogP contribution in [0.5, 0.6) is 0 Å². The fraction of sp³-hybridized carbons (Fsp3) is 0.700. The minimum absolute atomic E-state index is 0.0871. The SMILES string of the molecule is C1=CNCCC1.CCCCN1C=CCCC1NC(N)=O.CCCCN=C=O. The van der Waals surface area contributed by atoms with Gasteiger partial charge in [0, 0.05) is 13.1 Å². The first kappa shape index (κ1) is 24.7. The maximum Gasteiger partial charge on any atom is 0.313 e. The van der Waals surface area contributed by atoms with E-state index in [9.17, 15) is 9.59 Å². The molecule has 0 radical (unpaired) electrons. The lowest BCUT2D eigenvalue weighted by molar-refractivity contribution is 0.198. The van der Waals surface area contributed by atoms with Crippen LogP contribution < -0.4 is 16.4 Å². The van der Waals surface area contributed by atoms with Crippen molar-refractivity contribution in [2.45, 2.75) is 71.4 Å². The number of nitrogens with two attached hydrogens (primary N) is 1. The zero-order chi connectivity index (χ0) is 20.2. The van der Waals surface area contributed by atoms with E-state index in [-0.39, 0.29) is 6.17 Å². The molecule has 7 heteroatoms. The first-order chi connectivity index (χ1) is 13.2. The van der Waals surface area contributed by atoms with E-state index in [0.717, 1.165) is 51.6 Å². The Labute approximate surface area is 164 Å². The van der Waals surface area contributed by atoms with Gasteiger partial charge in [-0.25, -0.2) is 14.6 Å². The molecule has 7 nitrogen and oxygen atoms in total. The average molecular weight is 380 g/mol. The van der Waals surface area contributed by atoms with E-state index >= 15 is 0 Å². The molecule has 2 amide bonds. The third kappa shape index (κ3) is 15.7. The van der Waals surface area contributed by atoms with Crippen molar-refractivity contribution < 1.29 is 9.59 Å². The van der Waals surface area contributed by atoms with Crippen LogP contribution in [-0.4, -0.2) is 42.8 Å². The standard InChI is InChI=1S/C10H19N3O.C5H9NO.C5H9N/c1-2-3-7-13-8-5-4-6-9(13)12-10(11)14;1-2-3-4-6-5-7;1-2-4-6-5-3-1/h5,8-9H,2-4,6-7H2,1H3,(H3,11,12,14);2-4H2,1H3;2,4,6H,1,3,5H2. The van der Waals surface area contributed by atoms with Crippen LogP contribution in [0.4, 0.5) is 4.79 Å². The van der Waals surface area contributed by atoms with E-state index in [2.05, 4.69) is 52.7 Å². The second kappa shape index (κ2) is 18.5. The summed E-state index contributed by atoms with van der Waals surface area (Å²) in [5, 5.41) is 5.86. The van der Waals surface area contributed by atoms with Crippen LogP contribution in [0.15, 0.2) is 29.5 Å². The van der Waals surface area contributed by atoms with Gasteiger partial charge < -0.3 is 21.3 Å². The minimum Gasteiger partial charge on any atom is -0.391 e. The van der Waals surface area contributed by atoms with Gasteiger partial charge in [0.25, 0.3) is 0 Å². The van der Waals surface area contributed by atoms with E-state index in [0.29, 0.717) is 6.54 Å². The second-order valence-electron chi connectivity index (χ2n) is 6.40. The van der Waals surface area contributed by atoms with Gasteiger partial charge in [-0.3, -0.25) is 0 Å². The van der Waals surface area contributed by atoms with Crippen molar-refractivity contribution in [1.82, 2.24) is 15.5 Å². The number of nitrogens with zero attached hydrogens (tertiary/aromatic N) is 2. The van der Waals surface area contributed by atoms with Crippen LogP contribution in [-0.2, 0) is 4.79 Å². The average Bonchev–Trinajstić information content (AvgIpc) is 2.70. The van der Waals surface area contributed by atoms with Crippen LogP contribution >= 0.6 is 0 Å². The van der Waals surface area contributed by atoms with E-state index in [1.54, 1.807) is 0 Å². The molecule has 0 aromatic heterocycles. The molecule has 0 aliphatic carbocycles. The van der Waals surface area contributed by atoms with Gasteiger partial charge in [0.2, 0.25) is 6.08 Å². The predicted octanol–water partition coefficient (Wildman–Crippen LogP) is 3.40. The highest BCUT2D eigenvalue weighted by molar-refractivity contribution is 5.71. The summed E-state index contributed by atoms with van der Waals surface area (Å²) in [7, 11) is 0. The van der Waals surface area contributed by atoms with Gasteiger partial charge in [-0.1, -0.05) is 38.8 Å². The zero-order valence-electron chi connectivity index (χ0n) is 17.0. The highest BCUT2D eigenvalue weighted by Crippen LogP contribution is 2.13. The van der Waals surface area contributed by atoms with Crippen LogP contribution in [0, 0.1) is 0 Å². The Morgan fingerprint density at radius 2 is 2.07 bits per heavy atom. The number of allylic oxidation sites excluding steroid dienone is 2. The lowest BCUT2D eigenvalue weighted by atomic mass is 10.1. The Hall–Kier alpha value is -2.27. The lowest BCUT2D eigenvalue weighted by Gasteiger charge is -2.33. The molecule has 0 spiro atoms. The zero-order valence-corrected chi connectivity index (χ0v) is 17.0. The summed E-state index contributed by atoms with van der Waals surface area (Å²) in [5.74, 6) is 0. The third-order valence-electron chi connectivity index (χ3n) is 4.00. The fourth-order valence-electron chi connectivity index (χ4n) is 2.48. The predicted molar refractivity (Wildman–Crippen MR) is 111 cm³/mol. The van der Waals surface area contributed by atoms with E-state index in [1.165, 1.54) is 18.9 Å². The highest BCUT2D eigenvalue weighted by atomic mass is 16.2. The van der Waals surface area contributed by atoms with Crippen LogP contribution in [0.2, 0.25) is 0 Å². The molecule has 1 unspecified atom stereocenters. The summed E-state index contributed by atoms with van der Waals surface area (Å²) in [6.07, 6.45) is 18.8. The summed E-state index contributed by atoms with van der Waals surface area (Å²) in [6, 6.07) is -0.438. The number of hydrogen-bond acceptors (Lipinski definition) is 5. The van der Waals surface area contributed by atoms with Gasteiger partial charge in [0.15, 0.2) is 0 Å². The number of hydrogen-bond donors (Lipinski definition) is 3. The number of unbranched alkanes of at least 4 members (excludes halogenated alkanes) is 2. The maximum atomic E-state index is 10.7. The van der Waals surface area contributed by atoms with Gasteiger partial charge >= 0.3 is 6.03 Å². The Bertz CT molecular complexity index is 465. The molecule has 2 heterocycles. The number of aliphatic imine (C=N–C) groups is 1. The lowest BCUT2D eigenvalue weighted by Crippen LogP contribution is -2.49. The van der Waals surface area contributed by atoms with Crippen molar-refractivity contribution in [1.29, 1.82) is 0 Å². The first-order valence-electron chi connectivity index (χ1n) is 10.1. The second-order valence-corrected chi connectivity index (χ2v) is 6.40. The quantitative estimate of drug-likeness (QED) is 0.358. The molecule has 0 aromatic rings. The number of primary amides is 1. The van der Waals surface area contributed by atoms with Crippen LogP contribution in [0.3, 0.4) is 0 Å². The molecule has 4 N–H and O–H groups in total. The molecule has 0 saturated carbocycles. The van der Waals surface area contributed by atoms with Crippen molar-refractivity contribution in [2.75, 3.05) is 19.6 Å². The summed E-state index contributed by atoms with van der Waals surface area (Å²) in [6.45, 7) is 7.00. The molecule has 0 bridgehead atoms. The van der Waals surface area contributed by atoms with Gasteiger partial charge in [0.05, 0.1) is 6.54 Å². The Morgan fingerprint density at radius 1 is 1.30 bits per heavy atom. The molecular formula is C20H37N5O2. The summed E-state index contributed by atoms with van der Waals surface area (Å²) >= 11 is 0. The molecule has 0 saturated heterocycles. The highest BCUT2D eigenvalue weighted by Gasteiger charge is 2.17. The number of carbonyl (C=O) groups is 1. The topological polar surface area (TPSA) is 99.8 Å². The Morgan fingerprint density at radius 3 is 2.56 bits per heavy atom. The molecule has 154 valence electrons. The molecule has 0 aromatic carbocycles. The van der Waals surface area contributed by atoms with Gasteiger partial charge in [0.1, 0.15) is 6.17 Å². The maximum absolute atomic E-state index is 10.7. The Kier molecular flexibility index (Phi) is 17.0. The summed E-state index contributed by atoms with van der Waals surface area (Å²) in [4.78, 5) is 25.6. The molecule has 2 aliphatic rings. The first-order valence-corrected chi connectivity index (χ1v) is 10.1. The van der Waals surface area contributed by atoms with Gasteiger partial charge in [-0.15, -0.1) is 0 Å². The summed E-state index contributed by atoms with van der Waals surface area (Å²) < 4.78 is 0. The van der Waals surface area contributed by atoms with Crippen molar-refractivity contribution >= 4 is 12.1 Å². The molecule has 0 fully saturated rings. The largest absolute Gasteiger partial charge is 0.391 e. The molecular weight excluding hydrogens is 342 g/mol. The Balaban J connectivity index is 0.000000432.